The zero-order valence-electron chi connectivity index (χ0n) is 15.9. The van der Waals surface area contributed by atoms with E-state index in [0.717, 1.165) is 19.5 Å². The maximum atomic E-state index is 12.4. The lowest BCUT2D eigenvalue weighted by Gasteiger charge is -2.26. The van der Waals surface area contributed by atoms with Gasteiger partial charge in [-0.25, -0.2) is 0 Å². The van der Waals surface area contributed by atoms with Crippen molar-refractivity contribution in [2.75, 3.05) is 27.2 Å². The second kappa shape index (κ2) is 10.4. The maximum absolute atomic E-state index is 12.4. The van der Waals surface area contributed by atoms with Gasteiger partial charge in [0.1, 0.15) is 0 Å². The highest BCUT2D eigenvalue weighted by atomic mass is 16.2. The number of hydrogen-bond donors (Lipinski definition) is 2. The molecule has 0 fully saturated rings. The van der Waals surface area contributed by atoms with Crippen molar-refractivity contribution >= 4 is 5.91 Å². The van der Waals surface area contributed by atoms with Crippen molar-refractivity contribution < 1.29 is 4.79 Å². The monoisotopic (exact) mass is 343 g/mol. The molecule has 1 aromatic rings. The normalized spacial score (nSPS) is 17.0. The van der Waals surface area contributed by atoms with Crippen LogP contribution in [0, 0.1) is 0 Å². The van der Waals surface area contributed by atoms with Crippen molar-refractivity contribution in [3.8, 4) is 0 Å². The first-order valence-electron chi connectivity index (χ1n) is 9.47. The maximum Gasteiger partial charge on any atom is 0.236 e. The van der Waals surface area contributed by atoms with E-state index in [1.165, 1.54) is 36.8 Å². The molecule has 0 unspecified atom stereocenters. The van der Waals surface area contributed by atoms with Crippen molar-refractivity contribution in [2.24, 2.45) is 0 Å². The number of carbonyl (C=O) groups excluding carboxylic acids is 1. The van der Waals surface area contributed by atoms with Crippen LogP contribution in [-0.4, -0.2) is 44.0 Å². The third-order valence-corrected chi connectivity index (χ3v) is 4.72. The minimum absolute atomic E-state index is 0.0797. The van der Waals surface area contributed by atoms with E-state index in [4.69, 9.17) is 0 Å². The summed E-state index contributed by atoms with van der Waals surface area (Å²) in [6.07, 6.45) is 8.33. The predicted octanol–water partition coefficient (Wildman–Crippen LogP) is 3.27. The smallest absolute Gasteiger partial charge is 0.236 e. The SMILES string of the molecule is C[C@@H](N[C@@H](CN(C)C)c1ccccc1)C(=O)NCCC1=CCCCC1. The average molecular weight is 344 g/mol. The van der Waals surface area contributed by atoms with E-state index in [-0.39, 0.29) is 18.0 Å². The summed E-state index contributed by atoms with van der Waals surface area (Å²) in [5.41, 5.74) is 2.71. The molecule has 1 aliphatic rings. The number of allylic oxidation sites excluding steroid dienone is 1. The van der Waals surface area contributed by atoms with Gasteiger partial charge in [-0.1, -0.05) is 42.0 Å². The highest BCUT2D eigenvalue weighted by molar-refractivity contribution is 5.81. The highest BCUT2D eigenvalue weighted by Gasteiger charge is 2.19. The molecule has 4 heteroatoms. The molecular weight excluding hydrogens is 310 g/mol. The molecule has 25 heavy (non-hydrogen) atoms. The number of nitrogens with zero attached hydrogens (tertiary/aromatic N) is 1. The Morgan fingerprint density at radius 2 is 1.96 bits per heavy atom. The summed E-state index contributed by atoms with van der Waals surface area (Å²) >= 11 is 0. The Kier molecular flexibility index (Phi) is 8.16. The molecule has 2 rings (SSSR count). The van der Waals surface area contributed by atoms with Gasteiger partial charge in [0.05, 0.1) is 6.04 Å². The van der Waals surface area contributed by atoms with E-state index in [2.05, 4.69) is 47.8 Å². The minimum Gasteiger partial charge on any atom is -0.354 e. The molecule has 1 amide bonds. The molecular formula is C21H33N3O. The molecule has 0 saturated heterocycles. The summed E-state index contributed by atoms with van der Waals surface area (Å²) < 4.78 is 0. The van der Waals surface area contributed by atoms with Gasteiger partial charge in [0, 0.05) is 19.1 Å². The Balaban J connectivity index is 1.83. The second-order valence-electron chi connectivity index (χ2n) is 7.26. The van der Waals surface area contributed by atoms with Crippen LogP contribution in [0.3, 0.4) is 0 Å². The summed E-state index contributed by atoms with van der Waals surface area (Å²) in [6, 6.07) is 10.3. The summed E-state index contributed by atoms with van der Waals surface area (Å²) in [4.78, 5) is 14.6. The molecule has 0 heterocycles. The Morgan fingerprint density at radius 3 is 2.60 bits per heavy atom. The van der Waals surface area contributed by atoms with Gasteiger partial charge in [0.15, 0.2) is 0 Å². The number of hydrogen-bond acceptors (Lipinski definition) is 3. The largest absolute Gasteiger partial charge is 0.354 e. The van der Waals surface area contributed by atoms with Crippen molar-refractivity contribution in [3.63, 3.8) is 0 Å². The molecule has 2 atom stereocenters. The Hall–Kier alpha value is -1.65. The minimum atomic E-state index is -0.217. The van der Waals surface area contributed by atoms with Crippen LogP contribution in [0.5, 0.6) is 0 Å². The van der Waals surface area contributed by atoms with Gasteiger partial charge in [0.25, 0.3) is 0 Å². The molecule has 0 aromatic heterocycles. The predicted molar refractivity (Wildman–Crippen MR) is 105 cm³/mol. The quantitative estimate of drug-likeness (QED) is 0.676. The van der Waals surface area contributed by atoms with Crippen molar-refractivity contribution in [1.82, 2.24) is 15.5 Å². The van der Waals surface area contributed by atoms with E-state index in [1.807, 2.05) is 25.1 Å². The van der Waals surface area contributed by atoms with Gasteiger partial charge in [-0.05, 0) is 58.7 Å². The number of carbonyl (C=O) groups is 1. The zero-order chi connectivity index (χ0) is 18.1. The van der Waals surface area contributed by atoms with Crippen LogP contribution in [0.15, 0.2) is 42.0 Å². The number of amides is 1. The van der Waals surface area contributed by atoms with E-state index in [9.17, 15) is 4.79 Å². The molecule has 0 radical (unpaired) electrons. The molecule has 1 aliphatic carbocycles. The highest BCUT2D eigenvalue weighted by Crippen LogP contribution is 2.19. The van der Waals surface area contributed by atoms with Crippen molar-refractivity contribution in [1.29, 1.82) is 0 Å². The second-order valence-corrected chi connectivity index (χ2v) is 7.26. The third-order valence-electron chi connectivity index (χ3n) is 4.72. The molecule has 0 saturated carbocycles. The first-order chi connectivity index (χ1) is 12.1. The molecule has 4 nitrogen and oxygen atoms in total. The summed E-state index contributed by atoms with van der Waals surface area (Å²) in [5, 5.41) is 6.57. The van der Waals surface area contributed by atoms with Crippen molar-refractivity contribution in [2.45, 2.75) is 51.1 Å². The molecule has 2 N–H and O–H groups in total. The van der Waals surface area contributed by atoms with Crippen LogP contribution in [0.4, 0.5) is 0 Å². The fraction of sp³-hybridized carbons (Fsp3) is 0.571. The van der Waals surface area contributed by atoms with Gasteiger partial charge in [0.2, 0.25) is 5.91 Å². The number of benzene rings is 1. The number of nitrogens with one attached hydrogen (secondary N) is 2. The fourth-order valence-electron chi connectivity index (χ4n) is 3.31. The van der Waals surface area contributed by atoms with Gasteiger partial charge in [-0.3, -0.25) is 10.1 Å². The van der Waals surface area contributed by atoms with E-state index >= 15 is 0 Å². The fourth-order valence-corrected chi connectivity index (χ4v) is 3.31. The molecule has 0 spiro atoms. The number of likely N-dealkylation sites (N-methyl/N-ethyl adjacent to an activating group) is 1. The van der Waals surface area contributed by atoms with Crippen LogP contribution in [0.2, 0.25) is 0 Å². The zero-order valence-corrected chi connectivity index (χ0v) is 15.9. The van der Waals surface area contributed by atoms with Crippen molar-refractivity contribution in [3.05, 3.63) is 47.5 Å². The van der Waals surface area contributed by atoms with Gasteiger partial charge < -0.3 is 10.2 Å². The lowest BCUT2D eigenvalue weighted by Crippen LogP contribution is -2.46. The van der Waals surface area contributed by atoms with Gasteiger partial charge in [-0.15, -0.1) is 0 Å². The van der Waals surface area contributed by atoms with Crippen LogP contribution >= 0.6 is 0 Å². The van der Waals surface area contributed by atoms with Crippen LogP contribution in [0.1, 0.15) is 50.6 Å². The first kappa shape index (κ1) is 19.7. The van der Waals surface area contributed by atoms with Crippen LogP contribution < -0.4 is 10.6 Å². The Morgan fingerprint density at radius 1 is 1.20 bits per heavy atom. The van der Waals surface area contributed by atoms with Gasteiger partial charge in [-0.2, -0.15) is 0 Å². The Bertz CT molecular complexity index is 554. The molecule has 138 valence electrons. The van der Waals surface area contributed by atoms with Gasteiger partial charge >= 0.3 is 0 Å². The van der Waals surface area contributed by atoms with E-state index in [0.29, 0.717) is 0 Å². The molecule has 0 bridgehead atoms. The molecule has 1 aromatic carbocycles. The van der Waals surface area contributed by atoms with E-state index < -0.39 is 0 Å². The van der Waals surface area contributed by atoms with Crippen LogP contribution in [-0.2, 0) is 4.79 Å². The lowest BCUT2D eigenvalue weighted by atomic mass is 9.97. The Labute approximate surface area is 152 Å². The first-order valence-corrected chi connectivity index (χ1v) is 9.47. The van der Waals surface area contributed by atoms with Crippen LogP contribution in [0.25, 0.3) is 0 Å². The summed E-state index contributed by atoms with van der Waals surface area (Å²) in [7, 11) is 4.11. The number of rotatable bonds is 9. The lowest BCUT2D eigenvalue weighted by molar-refractivity contribution is -0.122. The average Bonchev–Trinajstić information content (AvgIpc) is 2.62. The molecule has 0 aliphatic heterocycles. The standard InChI is InChI=1S/C21H33N3O/c1-17(21(25)22-15-14-18-10-6-4-7-11-18)23-20(16-24(2)3)19-12-8-5-9-13-19/h5,8-10,12-13,17,20,23H,4,6-7,11,14-16H2,1-3H3,(H,22,25)/t17-,20+/m1/s1. The summed E-state index contributed by atoms with van der Waals surface area (Å²) in [6.45, 7) is 3.54. The topological polar surface area (TPSA) is 44.4 Å². The van der Waals surface area contributed by atoms with E-state index in [1.54, 1.807) is 0 Å². The summed E-state index contributed by atoms with van der Waals surface area (Å²) in [5.74, 6) is 0.0797. The third kappa shape index (κ3) is 7.00.